The number of nitrogens with one attached hydrogen (secondary N) is 1. The molecule has 8 nitrogen and oxygen atoms in total. The molecule has 0 aliphatic carbocycles. The molecule has 36 heavy (non-hydrogen) atoms. The van der Waals surface area contributed by atoms with Crippen molar-refractivity contribution in [3.05, 3.63) is 98.5 Å². The highest BCUT2D eigenvalue weighted by atomic mass is 79.9. The second-order valence-electron chi connectivity index (χ2n) is 7.84. The summed E-state index contributed by atoms with van der Waals surface area (Å²) in [5.41, 5.74) is 2.02. The van der Waals surface area contributed by atoms with Crippen molar-refractivity contribution in [2.75, 3.05) is 5.32 Å². The molecular weight excluding hydrogens is 554 g/mol. The molecule has 10 heteroatoms. The Bertz CT molecular complexity index is 1290. The van der Waals surface area contributed by atoms with Gasteiger partial charge in [0.05, 0.1) is 21.8 Å². The topological polar surface area (TPSA) is 119 Å². The average Bonchev–Trinajstić information content (AvgIpc) is 2.83. The molecule has 186 valence electrons. The minimum absolute atomic E-state index is 0.0619. The fourth-order valence-corrected chi connectivity index (χ4v) is 3.76. The van der Waals surface area contributed by atoms with Gasteiger partial charge in [0, 0.05) is 4.47 Å². The highest BCUT2D eigenvalue weighted by molar-refractivity contribution is 9.10. The van der Waals surface area contributed by atoms with E-state index in [0.717, 1.165) is 11.1 Å². The van der Waals surface area contributed by atoms with E-state index in [1.54, 1.807) is 30.3 Å². The molecule has 3 aromatic carbocycles. The second kappa shape index (κ2) is 11.8. The first-order valence-electron chi connectivity index (χ1n) is 10.6. The van der Waals surface area contributed by atoms with Crippen molar-refractivity contribution in [2.24, 2.45) is 0 Å². The summed E-state index contributed by atoms with van der Waals surface area (Å²) < 4.78 is 11.1. The Kier molecular flexibility index (Phi) is 8.84. The lowest BCUT2D eigenvalue weighted by Crippen LogP contribution is -2.48. The summed E-state index contributed by atoms with van der Waals surface area (Å²) in [6.07, 6.45) is -4.19. The van der Waals surface area contributed by atoms with E-state index in [4.69, 9.17) is 21.1 Å². The number of aliphatic carboxylic acids is 1. The Morgan fingerprint density at radius 1 is 0.806 bits per heavy atom. The summed E-state index contributed by atoms with van der Waals surface area (Å²) in [5, 5.41) is 12.4. The van der Waals surface area contributed by atoms with Crippen LogP contribution in [0.2, 0.25) is 5.02 Å². The van der Waals surface area contributed by atoms with Crippen LogP contribution in [0.1, 0.15) is 31.8 Å². The first-order valence-corrected chi connectivity index (χ1v) is 11.8. The van der Waals surface area contributed by atoms with E-state index >= 15 is 0 Å². The van der Waals surface area contributed by atoms with Crippen molar-refractivity contribution < 1.29 is 33.8 Å². The molecule has 0 heterocycles. The summed E-state index contributed by atoms with van der Waals surface area (Å²) >= 11 is 9.41. The van der Waals surface area contributed by atoms with Crippen molar-refractivity contribution in [2.45, 2.75) is 26.1 Å². The van der Waals surface area contributed by atoms with Crippen LogP contribution in [-0.4, -0.2) is 41.1 Å². The quantitative estimate of drug-likeness (QED) is 0.355. The van der Waals surface area contributed by atoms with E-state index in [1.165, 1.54) is 36.4 Å². The van der Waals surface area contributed by atoms with Crippen molar-refractivity contribution >= 4 is 57.0 Å². The van der Waals surface area contributed by atoms with Gasteiger partial charge >= 0.3 is 17.9 Å². The molecule has 0 aromatic heterocycles. The number of halogens is 2. The summed E-state index contributed by atoms with van der Waals surface area (Å²) in [4.78, 5) is 50.7. The lowest BCUT2D eigenvalue weighted by molar-refractivity contribution is -0.157. The minimum atomic E-state index is -2.15. The zero-order chi connectivity index (χ0) is 26.4. The maximum atomic E-state index is 13.2. The van der Waals surface area contributed by atoms with Gasteiger partial charge in [0.25, 0.3) is 5.91 Å². The van der Waals surface area contributed by atoms with Crippen LogP contribution in [-0.2, 0) is 19.1 Å². The Morgan fingerprint density at radius 3 is 1.72 bits per heavy atom. The van der Waals surface area contributed by atoms with Crippen LogP contribution in [0.15, 0.2) is 71.2 Å². The molecule has 2 atom stereocenters. The number of hydrogen-bond donors (Lipinski definition) is 2. The third-order valence-electron chi connectivity index (χ3n) is 5.01. The van der Waals surface area contributed by atoms with Gasteiger partial charge in [-0.1, -0.05) is 62.9 Å². The number of carbonyl (C=O) groups is 4. The fourth-order valence-electron chi connectivity index (χ4n) is 3.04. The van der Waals surface area contributed by atoms with Crippen LogP contribution in [0, 0.1) is 13.8 Å². The van der Waals surface area contributed by atoms with Gasteiger partial charge in [-0.05, 0) is 56.3 Å². The first-order chi connectivity index (χ1) is 17.0. The third kappa shape index (κ3) is 6.93. The summed E-state index contributed by atoms with van der Waals surface area (Å²) in [7, 11) is 0. The highest BCUT2D eigenvalue weighted by Gasteiger charge is 2.41. The number of rotatable bonds is 8. The Labute approximate surface area is 220 Å². The van der Waals surface area contributed by atoms with Crippen LogP contribution >= 0.6 is 27.5 Å². The number of hydrogen-bond acceptors (Lipinski definition) is 6. The third-order valence-corrected chi connectivity index (χ3v) is 5.81. The molecule has 3 aromatic rings. The number of esters is 2. The van der Waals surface area contributed by atoms with Gasteiger partial charge in [-0.2, -0.15) is 0 Å². The lowest BCUT2D eigenvalue weighted by atomic mass is 10.1. The maximum Gasteiger partial charge on any atom is 0.349 e. The van der Waals surface area contributed by atoms with Crippen molar-refractivity contribution in [1.29, 1.82) is 0 Å². The first kappa shape index (κ1) is 26.9. The van der Waals surface area contributed by atoms with Crippen LogP contribution < -0.4 is 5.32 Å². The molecule has 0 saturated heterocycles. The summed E-state index contributed by atoms with van der Waals surface area (Å²) in [6.45, 7) is 3.63. The van der Waals surface area contributed by atoms with Gasteiger partial charge in [-0.25, -0.2) is 14.4 Å². The predicted molar refractivity (Wildman–Crippen MR) is 136 cm³/mol. The standard InChI is InChI=1S/C26H21BrClNO7/c1-14-3-7-16(8-4-14)25(33)35-21(23(30)29-20-12-11-18(27)13-19(20)28)22(24(31)32)36-26(34)17-9-5-15(2)6-10-17/h3-13,21-22H,1-2H3,(H,29,30)(H,31,32)/t21-,22+/m1/s1. The van der Waals surface area contributed by atoms with Crippen LogP contribution in [0.3, 0.4) is 0 Å². The lowest BCUT2D eigenvalue weighted by Gasteiger charge is -2.24. The van der Waals surface area contributed by atoms with Crippen molar-refractivity contribution in [3.8, 4) is 0 Å². The number of carboxylic acid groups (broad SMARTS) is 1. The number of ether oxygens (including phenoxy) is 2. The summed E-state index contributed by atoms with van der Waals surface area (Å²) in [5.74, 6) is -4.72. The van der Waals surface area contributed by atoms with E-state index in [2.05, 4.69) is 21.2 Å². The van der Waals surface area contributed by atoms with E-state index in [-0.39, 0.29) is 21.8 Å². The molecule has 3 rings (SSSR count). The van der Waals surface area contributed by atoms with Crippen LogP contribution in [0.4, 0.5) is 5.69 Å². The van der Waals surface area contributed by atoms with E-state index in [1.807, 2.05) is 13.8 Å². The van der Waals surface area contributed by atoms with Crippen molar-refractivity contribution in [3.63, 3.8) is 0 Å². The van der Waals surface area contributed by atoms with Gasteiger partial charge < -0.3 is 19.9 Å². The normalized spacial score (nSPS) is 12.2. The smallest absolute Gasteiger partial charge is 0.349 e. The second-order valence-corrected chi connectivity index (χ2v) is 9.16. The number of aryl methyl sites for hydroxylation is 2. The molecule has 1 amide bonds. The zero-order valence-corrected chi connectivity index (χ0v) is 21.5. The minimum Gasteiger partial charge on any atom is -0.478 e. The summed E-state index contributed by atoms with van der Waals surface area (Å²) in [6, 6.07) is 17.0. The maximum absolute atomic E-state index is 13.2. The number of carboxylic acids is 1. The Balaban J connectivity index is 1.92. The largest absolute Gasteiger partial charge is 0.478 e. The molecule has 0 radical (unpaired) electrons. The number of benzene rings is 3. The van der Waals surface area contributed by atoms with E-state index in [0.29, 0.717) is 4.47 Å². The average molecular weight is 575 g/mol. The SMILES string of the molecule is Cc1ccc(C(=O)O[C@H](C(=O)O)[C@@H](OC(=O)c2ccc(C)cc2)C(=O)Nc2ccc(Br)cc2Cl)cc1. The van der Waals surface area contributed by atoms with Gasteiger partial charge in [-0.15, -0.1) is 0 Å². The number of amides is 1. The van der Waals surface area contributed by atoms with Gasteiger partial charge in [0.1, 0.15) is 0 Å². The monoisotopic (exact) mass is 573 g/mol. The van der Waals surface area contributed by atoms with E-state index in [9.17, 15) is 24.3 Å². The molecule has 0 aliphatic rings. The molecular formula is C26H21BrClNO7. The van der Waals surface area contributed by atoms with Gasteiger partial charge in [-0.3, -0.25) is 4.79 Å². The van der Waals surface area contributed by atoms with Gasteiger partial charge in [0.2, 0.25) is 12.2 Å². The predicted octanol–water partition coefficient (Wildman–Crippen LogP) is 5.19. The molecule has 0 spiro atoms. The van der Waals surface area contributed by atoms with Crippen LogP contribution in [0.25, 0.3) is 0 Å². The molecule has 0 fully saturated rings. The highest BCUT2D eigenvalue weighted by Crippen LogP contribution is 2.26. The fraction of sp³-hybridized carbons (Fsp3) is 0.154. The number of anilines is 1. The Morgan fingerprint density at radius 2 is 1.28 bits per heavy atom. The van der Waals surface area contributed by atoms with Crippen LogP contribution in [0.5, 0.6) is 0 Å². The Hall–Kier alpha value is -3.69. The van der Waals surface area contributed by atoms with Gasteiger partial charge in [0.15, 0.2) is 0 Å². The zero-order valence-electron chi connectivity index (χ0n) is 19.2. The molecule has 0 saturated carbocycles. The molecule has 2 N–H and O–H groups in total. The van der Waals surface area contributed by atoms with Crippen molar-refractivity contribution in [1.82, 2.24) is 0 Å². The number of carbonyl (C=O) groups excluding carboxylic acids is 3. The molecule has 0 unspecified atom stereocenters. The van der Waals surface area contributed by atoms with E-state index < -0.39 is 36.0 Å². The molecule has 0 bridgehead atoms. The molecule has 0 aliphatic heterocycles.